The normalized spacial score (nSPS) is 11.3. The van der Waals surface area contributed by atoms with E-state index in [1.807, 2.05) is 32.0 Å². The summed E-state index contributed by atoms with van der Waals surface area (Å²) in [6.07, 6.45) is 1.04. The summed E-state index contributed by atoms with van der Waals surface area (Å²) in [4.78, 5) is 12.6. The molecule has 0 aliphatic heterocycles. The van der Waals surface area contributed by atoms with Crippen molar-refractivity contribution in [1.82, 2.24) is 0 Å². The topological polar surface area (TPSA) is 75.7 Å². The van der Waals surface area contributed by atoms with E-state index >= 15 is 0 Å². The summed E-state index contributed by atoms with van der Waals surface area (Å²) in [6, 6.07) is 12.0. The van der Waals surface area contributed by atoms with Crippen molar-refractivity contribution in [3.8, 4) is 5.75 Å². The molecule has 1 amide bonds. The van der Waals surface area contributed by atoms with Gasteiger partial charge in [0.1, 0.15) is 12.3 Å². The van der Waals surface area contributed by atoms with E-state index in [-0.39, 0.29) is 23.2 Å². The highest BCUT2D eigenvalue weighted by atomic mass is 35.5. The Morgan fingerprint density at radius 3 is 2.44 bits per heavy atom. The minimum absolute atomic E-state index is 0.216. The van der Waals surface area contributed by atoms with Crippen LogP contribution < -0.4 is 14.4 Å². The third-order valence-electron chi connectivity index (χ3n) is 3.97. The molecular formula is C19H23ClN2O4S. The summed E-state index contributed by atoms with van der Waals surface area (Å²) >= 11 is 6.10. The first-order chi connectivity index (χ1) is 12.6. The van der Waals surface area contributed by atoms with Gasteiger partial charge in [-0.15, -0.1) is 0 Å². The van der Waals surface area contributed by atoms with Crippen LogP contribution in [0.5, 0.6) is 5.75 Å². The van der Waals surface area contributed by atoms with E-state index in [4.69, 9.17) is 16.3 Å². The molecule has 0 aliphatic carbocycles. The average molecular weight is 411 g/mol. The highest BCUT2D eigenvalue weighted by Gasteiger charge is 2.22. The Morgan fingerprint density at radius 1 is 1.22 bits per heavy atom. The number of anilines is 2. The molecular weight excluding hydrogens is 388 g/mol. The standard InChI is InChI=1S/C19H23ClN2O4S/c1-13(2)15-7-5-6-8-17(15)21-19(23)12-22(27(4,24)25)14-9-10-18(26-3)16(20)11-14/h5-11,13H,12H2,1-4H3,(H,21,23). The zero-order chi connectivity index (χ0) is 20.2. The first kappa shape index (κ1) is 21.1. The molecule has 8 heteroatoms. The van der Waals surface area contributed by atoms with Crippen molar-refractivity contribution in [2.75, 3.05) is 29.5 Å². The molecule has 1 N–H and O–H groups in total. The Kier molecular flexibility index (Phi) is 6.73. The third kappa shape index (κ3) is 5.37. The number of amides is 1. The Hall–Kier alpha value is -2.25. The van der Waals surface area contributed by atoms with Crippen LogP contribution in [0, 0.1) is 0 Å². The van der Waals surface area contributed by atoms with E-state index in [9.17, 15) is 13.2 Å². The zero-order valence-corrected chi connectivity index (χ0v) is 17.3. The molecule has 6 nitrogen and oxygen atoms in total. The molecule has 0 saturated heterocycles. The highest BCUT2D eigenvalue weighted by Crippen LogP contribution is 2.30. The number of ether oxygens (including phenoxy) is 1. The number of nitrogens with one attached hydrogen (secondary N) is 1. The number of halogens is 1. The zero-order valence-electron chi connectivity index (χ0n) is 15.7. The van der Waals surface area contributed by atoms with Gasteiger partial charge >= 0.3 is 0 Å². The van der Waals surface area contributed by atoms with Crippen molar-refractivity contribution >= 4 is 38.9 Å². The lowest BCUT2D eigenvalue weighted by Gasteiger charge is -2.23. The number of sulfonamides is 1. The fraction of sp³-hybridized carbons (Fsp3) is 0.316. The van der Waals surface area contributed by atoms with Gasteiger partial charge in [0.05, 0.1) is 24.1 Å². The number of carbonyl (C=O) groups excluding carboxylic acids is 1. The van der Waals surface area contributed by atoms with Gasteiger partial charge in [-0.2, -0.15) is 0 Å². The monoisotopic (exact) mass is 410 g/mol. The lowest BCUT2D eigenvalue weighted by Crippen LogP contribution is -2.37. The van der Waals surface area contributed by atoms with Crippen molar-refractivity contribution in [2.24, 2.45) is 0 Å². The number of nitrogens with zero attached hydrogens (tertiary/aromatic N) is 1. The Balaban J connectivity index is 2.27. The molecule has 2 aromatic carbocycles. The molecule has 0 spiro atoms. The fourth-order valence-corrected chi connectivity index (χ4v) is 3.75. The maximum atomic E-state index is 12.6. The van der Waals surface area contributed by atoms with Gasteiger partial charge in [-0.25, -0.2) is 8.42 Å². The van der Waals surface area contributed by atoms with Gasteiger partial charge in [-0.1, -0.05) is 43.6 Å². The van der Waals surface area contributed by atoms with E-state index in [2.05, 4.69) is 5.32 Å². The van der Waals surface area contributed by atoms with Crippen molar-refractivity contribution in [2.45, 2.75) is 19.8 Å². The summed E-state index contributed by atoms with van der Waals surface area (Å²) in [7, 11) is -2.23. The van der Waals surface area contributed by atoms with Gasteiger partial charge in [0, 0.05) is 5.69 Å². The molecule has 0 saturated carbocycles. The molecule has 2 rings (SSSR count). The van der Waals surface area contributed by atoms with Crippen LogP contribution in [0.1, 0.15) is 25.3 Å². The number of hydrogen-bond acceptors (Lipinski definition) is 4. The largest absolute Gasteiger partial charge is 0.495 e. The number of para-hydroxylation sites is 1. The Labute approximate surface area is 165 Å². The third-order valence-corrected chi connectivity index (χ3v) is 5.40. The smallest absolute Gasteiger partial charge is 0.245 e. The second-order valence-electron chi connectivity index (χ2n) is 6.38. The number of benzene rings is 2. The summed E-state index contributed by atoms with van der Waals surface area (Å²) in [5, 5.41) is 3.06. The van der Waals surface area contributed by atoms with Crippen LogP contribution in [-0.4, -0.2) is 34.2 Å². The molecule has 146 valence electrons. The number of carbonyl (C=O) groups is 1. The quantitative estimate of drug-likeness (QED) is 0.751. The highest BCUT2D eigenvalue weighted by molar-refractivity contribution is 7.92. The molecule has 0 atom stereocenters. The van der Waals surface area contributed by atoms with Crippen molar-refractivity contribution in [3.05, 3.63) is 53.1 Å². The predicted octanol–water partition coefficient (Wildman–Crippen LogP) is 3.88. The molecule has 0 aromatic heterocycles. The van der Waals surface area contributed by atoms with E-state index < -0.39 is 15.9 Å². The Morgan fingerprint density at radius 2 is 1.89 bits per heavy atom. The van der Waals surface area contributed by atoms with E-state index in [0.29, 0.717) is 11.4 Å². The van der Waals surface area contributed by atoms with Crippen LogP contribution >= 0.6 is 11.6 Å². The summed E-state index contributed by atoms with van der Waals surface area (Å²) in [5.74, 6) is 0.192. The second-order valence-corrected chi connectivity index (χ2v) is 8.69. The van der Waals surface area contributed by atoms with Gasteiger partial charge in [-0.3, -0.25) is 9.10 Å². The van der Waals surface area contributed by atoms with Crippen molar-refractivity contribution in [3.63, 3.8) is 0 Å². The van der Waals surface area contributed by atoms with Crippen LogP contribution in [0.4, 0.5) is 11.4 Å². The van der Waals surface area contributed by atoms with E-state index in [0.717, 1.165) is 16.1 Å². The van der Waals surface area contributed by atoms with Crippen LogP contribution in [0.15, 0.2) is 42.5 Å². The van der Waals surface area contributed by atoms with Gasteiger partial charge in [0.15, 0.2) is 0 Å². The Bertz CT molecular complexity index is 929. The second kappa shape index (κ2) is 8.63. The molecule has 0 unspecified atom stereocenters. The predicted molar refractivity (Wildman–Crippen MR) is 109 cm³/mol. The van der Waals surface area contributed by atoms with E-state index in [1.165, 1.54) is 13.2 Å². The van der Waals surface area contributed by atoms with Gasteiger partial charge in [-0.05, 0) is 35.7 Å². The van der Waals surface area contributed by atoms with Crippen LogP contribution in [0.25, 0.3) is 0 Å². The molecule has 0 heterocycles. The molecule has 27 heavy (non-hydrogen) atoms. The molecule has 2 aromatic rings. The minimum atomic E-state index is -3.70. The summed E-state index contributed by atoms with van der Waals surface area (Å²) < 4.78 is 30.6. The summed E-state index contributed by atoms with van der Waals surface area (Å²) in [6.45, 7) is 3.67. The number of hydrogen-bond donors (Lipinski definition) is 1. The lowest BCUT2D eigenvalue weighted by molar-refractivity contribution is -0.114. The SMILES string of the molecule is COc1ccc(N(CC(=O)Nc2ccccc2C(C)C)S(C)(=O)=O)cc1Cl. The van der Waals surface area contributed by atoms with Crippen LogP contribution in [-0.2, 0) is 14.8 Å². The van der Waals surface area contributed by atoms with Gasteiger partial charge < -0.3 is 10.1 Å². The van der Waals surface area contributed by atoms with Crippen LogP contribution in [0.2, 0.25) is 5.02 Å². The molecule has 0 bridgehead atoms. The number of methoxy groups -OCH3 is 1. The maximum Gasteiger partial charge on any atom is 0.245 e. The average Bonchev–Trinajstić information content (AvgIpc) is 2.59. The lowest BCUT2D eigenvalue weighted by atomic mass is 10.0. The molecule has 0 radical (unpaired) electrons. The molecule has 0 aliphatic rings. The summed E-state index contributed by atoms with van der Waals surface area (Å²) in [5.41, 5.74) is 1.93. The van der Waals surface area contributed by atoms with Crippen molar-refractivity contribution < 1.29 is 17.9 Å². The molecule has 0 fully saturated rings. The first-order valence-electron chi connectivity index (χ1n) is 8.33. The van der Waals surface area contributed by atoms with Crippen LogP contribution in [0.3, 0.4) is 0 Å². The van der Waals surface area contributed by atoms with E-state index in [1.54, 1.807) is 18.2 Å². The first-order valence-corrected chi connectivity index (χ1v) is 10.6. The van der Waals surface area contributed by atoms with Gasteiger partial charge in [0.2, 0.25) is 15.9 Å². The number of rotatable bonds is 7. The van der Waals surface area contributed by atoms with Crippen molar-refractivity contribution in [1.29, 1.82) is 0 Å². The maximum absolute atomic E-state index is 12.6. The minimum Gasteiger partial charge on any atom is -0.495 e. The van der Waals surface area contributed by atoms with Gasteiger partial charge in [0.25, 0.3) is 0 Å². The fourth-order valence-electron chi connectivity index (χ4n) is 2.64.